The number of sulfonamides is 1. The van der Waals surface area contributed by atoms with Crippen LogP contribution < -0.4 is 14.8 Å². The van der Waals surface area contributed by atoms with Crippen molar-refractivity contribution in [2.75, 3.05) is 17.9 Å². The average Bonchev–Trinajstić information content (AvgIpc) is 2.84. The van der Waals surface area contributed by atoms with E-state index in [1.165, 1.54) is 12.1 Å². The molecule has 0 fully saturated rings. The number of esters is 1. The van der Waals surface area contributed by atoms with Crippen molar-refractivity contribution in [1.29, 1.82) is 0 Å². The van der Waals surface area contributed by atoms with Crippen LogP contribution in [0, 0.1) is 12.7 Å². The first-order valence-corrected chi connectivity index (χ1v) is 12.3. The summed E-state index contributed by atoms with van der Waals surface area (Å²) in [6.07, 6.45) is 0.590. The highest BCUT2D eigenvalue weighted by Crippen LogP contribution is 2.31. The van der Waals surface area contributed by atoms with E-state index < -0.39 is 34.3 Å². The summed E-state index contributed by atoms with van der Waals surface area (Å²) < 4.78 is 51.5. The fourth-order valence-electron chi connectivity index (χ4n) is 3.62. The Morgan fingerprint density at radius 2 is 1.83 bits per heavy atom. The van der Waals surface area contributed by atoms with Crippen molar-refractivity contribution in [3.63, 3.8) is 0 Å². The SMILES string of the molecule is Cc1ccc(C(=O)OCC(=O)NC2CCOc3ccccc32)cc1NS(=O)(=O)c1ccc(F)cc1. The van der Waals surface area contributed by atoms with Crippen molar-refractivity contribution < 1.29 is 31.9 Å². The number of halogens is 1. The summed E-state index contributed by atoms with van der Waals surface area (Å²) in [5.41, 5.74) is 1.64. The zero-order chi connectivity index (χ0) is 25.0. The van der Waals surface area contributed by atoms with E-state index in [1.807, 2.05) is 24.3 Å². The third-order valence-corrected chi connectivity index (χ3v) is 6.85. The van der Waals surface area contributed by atoms with E-state index in [-0.39, 0.29) is 22.2 Å². The minimum absolute atomic E-state index is 0.0663. The quantitative estimate of drug-likeness (QED) is 0.481. The number of ether oxygens (including phenoxy) is 2. The number of amides is 1. The van der Waals surface area contributed by atoms with Gasteiger partial charge in [0.05, 0.1) is 28.8 Å². The Kier molecular flexibility index (Phi) is 7.02. The molecule has 1 unspecified atom stereocenters. The normalized spacial score (nSPS) is 14.9. The molecule has 2 N–H and O–H groups in total. The molecule has 4 rings (SSSR count). The van der Waals surface area contributed by atoms with Gasteiger partial charge in [0.25, 0.3) is 15.9 Å². The highest BCUT2D eigenvalue weighted by Gasteiger charge is 2.23. The fourth-order valence-corrected chi connectivity index (χ4v) is 4.74. The molecular formula is C25H23FN2O6S. The smallest absolute Gasteiger partial charge is 0.338 e. The highest BCUT2D eigenvalue weighted by atomic mass is 32.2. The monoisotopic (exact) mass is 498 g/mol. The Hall–Kier alpha value is -3.92. The lowest BCUT2D eigenvalue weighted by Crippen LogP contribution is -2.35. The molecule has 1 heterocycles. The van der Waals surface area contributed by atoms with Crippen LogP contribution in [0.1, 0.15) is 33.9 Å². The molecule has 3 aromatic carbocycles. The predicted molar refractivity (Wildman–Crippen MR) is 126 cm³/mol. The van der Waals surface area contributed by atoms with Crippen LogP contribution >= 0.6 is 0 Å². The van der Waals surface area contributed by atoms with Crippen molar-refractivity contribution in [1.82, 2.24) is 5.32 Å². The Labute approximate surface area is 202 Å². The van der Waals surface area contributed by atoms with Gasteiger partial charge in [0, 0.05) is 12.0 Å². The maximum Gasteiger partial charge on any atom is 0.338 e. The number of hydrogen-bond acceptors (Lipinski definition) is 6. The molecule has 0 aromatic heterocycles. The number of carbonyl (C=O) groups is 2. The lowest BCUT2D eigenvalue weighted by molar-refractivity contribution is -0.125. The maximum atomic E-state index is 13.1. The van der Waals surface area contributed by atoms with Gasteiger partial charge in [-0.25, -0.2) is 17.6 Å². The van der Waals surface area contributed by atoms with E-state index in [0.29, 0.717) is 24.3 Å². The molecule has 1 aliphatic rings. The van der Waals surface area contributed by atoms with Crippen LogP contribution in [-0.4, -0.2) is 33.5 Å². The highest BCUT2D eigenvalue weighted by molar-refractivity contribution is 7.92. The molecule has 1 amide bonds. The number of hydrogen-bond donors (Lipinski definition) is 2. The van der Waals surface area contributed by atoms with Gasteiger partial charge in [0.15, 0.2) is 6.61 Å². The van der Waals surface area contributed by atoms with Gasteiger partial charge >= 0.3 is 5.97 Å². The van der Waals surface area contributed by atoms with E-state index in [0.717, 1.165) is 29.8 Å². The van der Waals surface area contributed by atoms with Crippen LogP contribution in [0.5, 0.6) is 5.75 Å². The molecule has 1 atom stereocenters. The van der Waals surface area contributed by atoms with Crippen molar-refractivity contribution in [3.8, 4) is 5.75 Å². The molecule has 3 aromatic rings. The van der Waals surface area contributed by atoms with E-state index in [2.05, 4.69) is 10.0 Å². The van der Waals surface area contributed by atoms with Gasteiger partial charge in [-0.05, 0) is 55.0 Å². The van der Waals surface area contributed by atoms with Gasteiger partial charge in [-0.3, -0.25) is 9.52 Å². The fraction of sp³-hybridized carbons (Fsp3) is 0.200. The summed E-state index contributed by atoms with van der Waals surface area (Å²) in [4.78, 5) is 24.8. The second kappa shape index (κ2) is 10.1. The standard InChI is InChI=1S/C25H23FN2O6S/c1-16-6-7-17(14-22(16)28-35(31,32)19-10-8-18(26)9-11-19)25(30)34-15-24(29)27-21-12-13-33-23-5-3-2-4-20(21)23/h2-11,14,21,28H,12-13,15H2,1H3,(H,27,29). The lowest BCUT2D eigenvalue weighted by atomic mass is 10.0. The van der Waals surface area contributed by atoms with Gasteiger partial charge in [0.1, 0.15) is 11.6 Å². The summed E-state index contributed by atoms with van der Waals surface area (Å²) >= 11 is 0. The summed E-state index contributed by atoms with van der Waals surface area (Å²) in [7, 11) is -4.00. The first kappa shape index (κ1) is 24.2. The van der Waals surface area contributed by atoms with E-state index in [4.69, 9.17) is 9.47 Å². The molecule has 0 bridgehead atoms. The molecule has 0 radical (unpaired) electrons. The van der Waals surface area contributed by atoms with E-state index >= 15 is 0 Å². The third-order valence-electron chi connectivity index (χ3n) is 5.47. The van der Waals surface area contributed by atoms with Crippen LogP contribution in [0.3, 0.4) is 0 Å². The van der Waals surface area contributed by atoms with Gasteiger partial charge in [-0.2, -0.15) is 0 Å². The molecule has 0 aliphatic carbocycles. The van der Waals surface area contributed by atoms with Gasteiger partial charge in [-0.15, -0.1) is 0 Å². The summed E-state index contributed by atoms with van der Waals surface area (Å²) in [5, 5.41) is 2.84. The van der Waals surface area contributed by atoms with Crippen molar-refractivity contribution >= 4 is 27.6 Å². The summed E-state index contributed by atoms with van der Waals surface area (Å²) in [6.45, 7) is 1.63. The summed E-state index contributed by atoms with van der Waals surface area (Å²) in [5.74, 6) is -1.11. The second-order valence-corrected chi connectivity index (χ2v) is 9.64. The second-order valence-electron chi connectivity index (χ2n) is 7.96. The molecule has 182 valence electrons. The predicted octanol–water partition coefficient (Wildman–Crippen LogP) is 3.73. The van der Waals surface area contributed by atoms with Crippen LogP contribution in [0.15, 0.2) is 71.6 Å². The van der Waals surface area contributed by atoms with Gasteiger partial charge < -0.3 is 14.8 Å². The van der Waals surface area contributed by atoms with E-state index in [1.54, 1.807) is 13.0 Å². The zero-order valence-corrected chi connectivity index (χ0v) is 19.6. The number of benzene rings is 3. The van der Waals surface area contributed by atoms with Crippen molar-refractivity contribution in [2.24, 2.45) is 0 Å². The number of aryl methyl sites for hydroxylation is 1. The minimum atomic E-state index is -4.00. The first-order valence-electron chi connectivity index (χ1n) is 10.8. The molecule has 0 spiro atoms. The number of carbonyl (C=O) groups excluding carboxylic acids is 2. The summed E-state index contributed by atoms with van der Waals surface area (Å²) in [6, 6.07) is 15.9. The molecule has 8 nitrogen and oxygen atoms in total. The Balaban J connectivity index is 1.39. The van der Waals surface area contributed by atoms with Crippen molar-refractivity contribution in [3.05, 3.63) is 89.2 Å². The topological polar surface area (TPSA) is 111 Å². The Morgan fingerprint density at radius 3 is 2.60 bits per heavy atom. The molecule has 0 saturated heterocycles. The molecule has 0 saturated carbocycles. The van der Waals surface area contributed by atoms with Crippen LogP contribution in [0.2, 0.25) is 0 Å². The molecular weight excluding hydrogens is 475 g/mol. The van der Waals surface area contributed by atoms with Crippen LogP contribution in [-0.2, 0) is 19.6 Å². The zero-order valence-electron chi connectivity index (χ0n) is 18.8. The third kappa shape index (κ3) is 5.78. The number of rotatable bonds is 7. The van der Waals surface area contributed by atoms with Crippen LogP contribution in [0.25, 0.3) is 0 Å². The number of fused-ring (bicyclic) bond motifs is 1. The molecule has 35 heavy (non-hydrogen) atoms. The number of anilines is 1. The van der Waals surface area contributed by atoms with Crippen LogP contribution in [0.4, 0.5) is 10.1 Å². The molecule has 1 aliphatic heterocycles. The van der Waals surface area contributed by atoms with E-state index in [9.17, 15) is 22.4 Å². The van der Waals surface area contributed by atoms with Gasteiger partial charge in [0.2, 0.25) is 0 Å². The maximum absolute atomic E-state index is 13.1. The van der Waals surface area contributed by atoms with Crippen molar-refractivity contribution in [2.45, 2.75) is 24.3 Å². The largest absolute Gasteiger partial charge is 0.493 e. The number of nitrogens with one attached hydrogen (secondary N) is 2. The first-order chi connectivity index (χ1) is 16.7. The minimum Gasteiger partial charge on any atom is -0.493 e. The van der Waals surface area contributed by atoms with Gasteiger partial charge in [-0.1, -0.05) is 24.3 Å². The average molecular weight is 499 g/mol. The number of para-hydroxylation sites is 1. The molecule has 10 heteroatoms. The Morgan fingerprint density at radius 1 is 1.09 bits per heavy atom. The Bertz CT molecular complexity index is 1360. The lowest BCUT2D eigenvalue weighted by Gasteiger charge is -2.26.